The molecule has 0 amide bonds. The molecule has 0 atom stereocenters. The maximum absolute atomic E-state index is 13.8. The van der Waals surface area contributed by atoms with Crippen molar-refractivity contribution in [2.75, 3.05) is 0 Å². The Bertz CT molecular complexity index is 411. The zero-order valence-corrected chi connectivity index (χ0v) is 9.13. The van der Waals surface area contributed by atoms with E-state index in [1.54, 1.807) is 31.2 Å². The molecule has 0 fully saturated rings. The normalized spacial score (nSPS) is 12.1. The maximum atomic E-state index is 13.8. The first kappa shape index (κ1) is 11.4. The minimum absolute atomic E-state index is 0.153. The lowest BCUT2D eigenvalue weighted by Crippen LogP contribution is -1.90. The molecule has 78 valence electrons. The van der Waals surface area contributed by atoms with Gasteiger partial charge < -0.3 is 0 Å². The number of rotatable bonds is 3. The van der Waals surface area contributed by atoms with Crippen LogP contribution in [-0.4, -0.2) is 0 Å². The fourth-order valence-electron chi connectivity index (χ4n) is 1.38. The molecular weight excluding hydrogens is 187 g/mol. The molecule has 0 saturated heterocycles. The van der Waals surface area contributed by atoms with Crippen LogP contribution >= 0.6 is 0 Å². The van der Waals surface area contributed by atoms with Gasteiger partial charge in [-0.05, 0) is 25.0 Å². The van der Waals surface area contributed by atoms with Crippen LogP contribution in [0, 0.1) is 12.7 Å². The second-order valence-corrected chi connectivity index (χ2v) is 3.28. The molecule has 15 heavy (non-hydrogen) atoms. The lowest BCUT2D eigenvalue weighted by atomic mass is 10.0. The smallest absolute Gasteiger partial charge is 0.133 e. The number of allylic oxidation sites excluding steroid dienone is 5. The Kier molecular flexibility index (Phi) is 4.04. The SMILES string of the molecule is C=C/C=C\C(=C/C)c1cccc(C)c1F. The molecule has 0 radical (unpaired) electrons. The van der Waals surface area contributed by atoms with Gasteiger partial charge in [-0.3, -0.25) is 0 Å². The lowest BCUT2D eigenvalue weighted by Gasteiger charge is -2.05. The minimum atomic E-state index is -0.153. The van der Waals surface area contributed by atoms with Crippen molar-refractivity contribution in [3.8, 4) is 0 Å². The Labute approximate surface area is 90.4 Å². The van der Waals surface area contributed by atoms with Gasteiger partial charge in [-0.2, -0.15) is 0 Å². The summed E-state index contributed by atoms with van der Waals surface area (Å²) in [7, 11) is 0. The largest absolute Gasteiger partial charge is 0.206 e. The first-order chi connectivity index (χ1) is 7.20. The van der Waals surface area contributed by atoms with Crippen LogP contribution in [0.15, 0.2) is 49.1 Å². The van der Waals surface area contributed by atoms with E-state index in [0.29, 0.717) is 11.1 Å². The number of aryl methyl sites for hydroxylation is 1. The van der Waals surface area contributed by atoms with Crippen molar-refractivity contribution < 1.29 is 4.39 Å². The van der Waals surface area contributed by atoms with E-state index in [4.69, 9.17) is 0 Å². The van der Waals surface area contributed by atoms with Gasteiger partial charge in [0.15, 0.2) is 0 Å². The van der Waals surface area contributed by atoms with Crippen molar-refractivity contribution in [3.05, 3.63) is 66.0 Å². The predicted octanol–water partition coefficient (Wildman–Crippen LogP) is 4.28. The van der Waals surface area contributed by atoms with Gasteiger partial charge in [0.05, 0.1) is 0 Å². The van der Waals surface area contributed by atoms with Gasteiger partial charge in [0, 0.05) is 5.56 Å². The molecule has 0 bridgehead atoms. The van der Waals surface area contributed by atoms with E-state index in [1.165, 1.54) is 0 Å². The Morgan fingerprint density at radius 3 is 2.73 bits per heavy atom. The molecule has 0 N–H and O–H groups in total. The fraction of sp³-hybridized carbons (Fsp3) is 0.143. The second-order valence-electron chi connectivity index (χ2n) is 3.28. The molecule has 1 aromatic carbocycles. The molecule has 0 aliphatic rings. The molecule has 1 aromatic rings. The number of benzene rings is 1. The molecular formula is C14H15F. The molecule has 0 aliphatic carbocycles. The van der Waals surface area contributed by atoms with Gasteiger partial charge in [-0.15, -0.1) is 0 Å². The molecule has 1 rings (SSSR count). The van der Waals surface area contributed by atoms with Gasteiger partial charge in [0.1, 0.15) is 5.82 Å². The van der Waals surface area contributed by atoms with Gasteiger partial charge in [-0.1, -0.05) is 49.1 Å². The van der Waals surface area contributed by atoms with Crippen molar-refractivity contribution in [2.24, 2.45) is 0 Å². The van der Waals surface area contributed by atoms with Gasteiger partial charge in [0.2, 0.25) is 0 Å². The van der Waals surface area contributed by atoms with E-state index in [-0.39, 0.29) is 5.82 Å². The van der Waals surface area contributed by atoms with E-state index in [2.05, 4.69) is 6.58 Å². The van der Waals surface area contributed by atoms with Gasteiger partial charge in [0.25, 0.3) is 0 Å². The maximum Gasteiger partial charge on any atom is 0.133 e. The zero-order chi connectivity index (χ0) is 11.3. The predicted molar refractivity (Wildman–Crippen MR) is 64.1 cm³/mol. The first-order valence-corrected chi connectivity index (χ1v) is 4.91. The van der Waals surface area contributed by atoms with Gasteiger partial charge >= 0.3 is 0 Å². The van der Waals surface area contributed by atoms with E-state index in [9.17, 15) is 4.39 Å². The van der Waals surface area contributed by atoms with Crippen LogP contribution in [0.5, 0.6) is 0 Å². The first-order valence-electron chi connectivity index (χ1n) is 4.91. The van der Waals surface area contributed by atoms with Crippen molar-refractivity contribution in [2.45, 2.75) is 13.8 Å². The fourth-order valence-corrected chi connectivity index (χ4v) is 1.38. The number of hydrogen-bond acceptors (Lipinski definition) is 0. The third kappa shape index (κ3) is 2.66. The summed E-state index contributed by atoms with van der Waals surface area (Å²) in [6.45, 7) is 7.25. The Hall–Kier alpha value is -1.63. The summed E-state index contributed by atoms with van der Waals surface area (Å²) in [5, 5.41) is 0. The summed E-state index contributed by atoms with van der Waals surface area (Å²) < 4.78 is 13.8. The summed E-state index contributed by atoms with van der Waals surface area (Å²) in [6.07, 6.45) is 7.22. The van der Waals surface area contributed by atoms with Crippen LogP contribution in [-0.2, 0) is 0 Å². The second kappa shape index (κ2) is 5.30. The highest BCUT2D eigenvalue weighted by atomic mass is 19.1. The molecule has 0 saturated carbocycles. The molecule has 0 aliphatic heterocycles. The quantitative estimate of drug-likeness (QED) is 0.642. The van der Waals surface area contributed by atoms with Crippen LogP contribution in [0.25, 0.3) is 5.57 Å². The Balaban J connectivity index is 3.19. The summed E-state index contributed by atoms with van der Waals surface area (Å²) in [5.74, 6) is -0.153. The molecule has 0 heterocycles. The third-order valence-electron chi connectivity index (χ3n) is 2.23. The van der Waals surface area contributed by atoms with E-state index in [0.717, 1.165) is 5.57 Å². The molecule has 0 unspecified atom stereocenters. The molecule has 1 heteroatoms. The Morgan fingerprint density at radius 1 is 1.40 bits per heavy atom. The minimum Gasteiger partial charge on any atom is -0.206 e. The highest BCUT2D eigenvalue weighted by Gasteiger charge is 2.06. The number of halogens is 1. The zero-order valence-electron chi connectivity index (χ0n) is 9.13. The lowest BCUT2D eigenvalue weighted by molar-refractivity contribution is 0.615. The summed E-state index contributed by atoms with van der Waals surface area (Å²) in [5.41, 5.74) is 2.17. The van der Waals surface area contributed by atoms with Gasteiger partial charge in [-0.25, -0.2) is 4.39 Å². The summed E-state index contributed by atoms with van der Waals surface area (Å²) in [6, 6.07) is 5.41. The van der Waals surface area contributed by atoms with Crippen molar-refractivity contribution in [1.29, 1.82) is 0 Å². The highest BCUT2D eigenvalue weighted by molar-refractivity contribution is 5.74. The van der Waals surface area contributed by atoms with Crippen LogP contribution in [0.3, 0.4) is 0 Å². The molecule has 0 aromatic heterocycles. The van der Waals surface area contributed by atoms with E-state index in [1.807, 2.05) is 25.1 Å². The average Bonchev–Trinajstić information content (AvgIpc) is 2.25. The standard InChI is InChI=1S/C14H15F/c1-4-6-9-12(5-2)13-10-7-8-11(3)14(13)15/h4-10H,1H2,2-3H3/b9-6-,12-5+. The van der Waals surface area contributed by atoms with E-state index >= 15 is 0 Å². The van der Waals surface area contributed by atoms with E-state index < -0.39 is 0 Å². The van der Waals surface area contributed by atoms with Crippen LogP contribution in [0.1, 0.15) is 18.1 Å². The van der Waals surface area contributed by atoms with Crippen LogP contribution in [0.2, 0.25) is 0 Å². The van der Waals surface area contributed by atoms with Crippen LogP contribution < -0.4 is 0 Å². The monoisotopic (exact) mass is 202 g/mol. The molecule has 0 nitrogen and oxygen atoms in total. The van der Waals surface area contributed by atoms with Crippen molar-refractivity contribution in [3.63, 3.8) is 0 Å². The number of hydrogen-bond donors (Lipinski definition) is 0. The topological polar surface area (TPSA) is 0 Å². The highest BCUT2D eigenvalue weighted by Crippen LogP contribution is 2.21. The summed E-state index contributed by atoms with van der Waals surface area (Å²) in [4.78, 5) is 0. The molecule has 0 spiro atoms. The summed E-state index contributed by atoms with van der Waals surface area (Å²) >= 11 is 0. The van der Waals surface area contributed by atoms with Crippen molar-refractivity contribution in [1.82, 2.24) is 0 Å². The van der Waals surface area contributed by atoms with Crippen LogP contribution in [0.4, 0.5) is 4.39 Å². The average molecular weight is 202 g/mol. The Morgan fingerprint density at radius 2 is 2.13 bits per heavy atom. The van der Waals surface area contributed by atoms with Crippen molar-refractivity contribution >= 4 is 5.57 Å². The third-order valence-corrected chi connectivity index (χ3v) is 2.23.